The molecule has 0 radical (unpaired) electrons. The fourth-order valence-electron chi connectivity index (χ4n) is 2.71. The van der Waals surface area contributed by atoms with Crippen LogP contribution in [-0.2, 0) is 12.8 Å². The fraction of sp³-hybridized carbons (Fsp3) is 0.333. The number of fused-ring (bicyclic) bond motifs is 5. The number of aromatic amines is 1. The number of aryl methyl sites for hydroxylation is 2. The summed E-state index contributed by atoms with van der Waals surface area (Å²) in [5.41, 5.74) is 2.31. The summed E-state index contributed by atoms with van der Waals surface area (Å²) >= 11 is 1.53. The summed E-state index contributed by atoms with van der Waals surface area (Å²) in [7, 11) is 0. The van der Waals surface area contributed by atoms with Crippen LogP contribution < -0.4 is 5.56 Å². The van der Waals surface area contributed by atoms with Gasteiger partial charge in [-0.1, -0.05) is 0 Å². The first-order valence-corrected chi connectivity index (χ1v) is 6.92. The molecule has 0 aliphatic heterocycles. The number of nitrogens with one attached hydrogen (secondary N) is 1. The first-order valence-electron chi connectivity index (χ1n) is 6.11. The molecule has 3 aromatic rings. The van der Waals surface area contributed by atoms with Gasteiger partial charge in [-0.3, -0.25) is 4.79 Å². The smallest absolute Gasteiger partial charge is 0.266 e. The van der Waals surface area contributed by atoms with Crippen molar-refractivity contribution in [2.24, 2.45) is 0 Å². The highest BCUT2D eigenvalue weighted by atomic mass is 32.1. The summed E-state index contributed by atoms with van der Waals surface area (Å²) < 4.78 is 2.34. The molecule has 3 aromatic heterocycles. The minimum atomic E-state index is -0.257. The molecular weight excluding hydrogens is 262 g/mol. The number of aromatic nitrogens is 4. The number of nitrogens with zero attached hydrogens (tertiary/aromatic N) is 4. The summed E-state index contributed by atoms with van der Waals surface area (Å²) in [5.74, 6) is 0. The Morgan fingerprint density at radius 2 is 2.21 bits per heavy atom. The van der Waals surface area contributed by atoms with Crippen LogP contribution in [0.15, 0.2) is 4.79 Å². The van der Waals surface area contributed by atoms with E-state index in [9.17, 15) is 4.79 Å². The van der Waals surface area contributed by atoms with Crippen LogP contribution in [0.25, 0.3) is 15.9 Å². The minimum Gasteiger partial charge on any atom is -0.266 e. The molecule has 6 nitrogen and oxygen atoms in total. The molecule has 0 atom stereocenters. The third-order valence-electron chi connectivity index (χ3n) is 3.56. The molecule has 0 fully saturated rings. The van der Waals surface area contributed by atoms with Crippen molar-refractivity contribution in [3.63, 3.8) is 0 Å². The summed E-state index contributed by atoms with van der Waals surface area (Å²) in [6.45, 7) is 0. The third kappa shape index (κ3) is 1.32. The lowest BCUT2D eigenvalue weighted by molar-refractivity contribution is 0.697. The zero-order chi connectivity index (χ0) is 13.0. The van der Waals surface area contributed by atoms with Gasteiger partial charge < -0.3 is 0 Å². The molecular formula is C12H9N5OS. The van der Waals surface area contributed by atoms with Gasteiger partial charge in [-0.15, -0.1) is 16.4 Å². The van der Waals surface area contributed by atoms with E-state index >= 15 is 0 Å². The normalized spacial score (nSPS) is 14.7. The molecule has 94 valence electrons. The second-order valence-electron chi connectivity index (χ2n) is 4.64. The molecule has 0 saturated carbocycles. The Morgan fingerprint density at radius 3 is 3.05 bits per heavy atom. The molecule has 0 saturated heterocycles. The first kappa shape index (κ1) is 10.7. The van der Waals surface area contributed by atoms with Crippen molar-refractivity contribution < 1.29 is 0 Å². The summed E-state index contributed by atoms with van der Waals surface area (Å²) in [6.07, 6.45) is 4.30. The lowest BCUT2D eigenvalue weighted by atomic mass is 9.98. The van der Waals surface area contributed by atoms with Gasteiger partial charge in [-0.25, -0.2) is 9.73 Å². The van der Waals surface area contributed by atoms with Crippen LogP contribution in [0.1, 0.15) is 29.0 Å². The minimum absolute atomic E-state index is 0.162. The molecule has 1 N–H and O–H groups in total. The van der Waals surface area contributed by atoms with Gasteiger partial charge in [0.25, 0.3) is 5.56 Å². The highest BCUT2D eigenvalue weighted by molar-refractivity contribution is 7.19. The van der Waals surface area contributed by atoms with Crippen molar-refractivity contribution in [1.82, 2.24) is 19.8 Å². The van der Waals surface area contributed by atoms with Crippen molar-refractivity contribution in [2.75, 3.05) is 0 Å². The van der Waals surface area contributed by atoms with E-state index in [1.165, 1.54) is 28.2 Å². The van der Waals surface area contributed by atoms with Crippen LogP contribution in [0, 0.1) is 11.3 Å². The van der Waals surface area contributed by atoms with Crippen molar-refractivity contribution in [1.29, 1.82) is 5.26 Å². The lowest BCUT2D eigenvalue weighted by Crippen LogP contribution is -2.09. The Balaban J connectivity index is 2.26. The molecule has 19 heavy (non-hydrogen) atoms. The Labute approximate surface area is 111 Å². The zero-order valence-electron chi connectivity index (χ0n) is 9.93. The van der Waals surface area contributed by atoms with Gasteiger partial charge in [-0.05, 0) is 31.2 Å². The number of hydrogen-bond acceptors (Lipinski definition) is 5. The van der Waals surface area contributed by atoms with Gasteiger partial charge in [0.1, 0.15) is 10.8 Å². The topological polar surface area (TPSA) is 86.8 Å². The van der Waals surface area contributed by atoms with E-state index in [4.69, 9.17) is 5.26 Å². The molecule has 3 heterocycles. The van der Waals surface area contributed by atoms with Gasteiger partial charge in [0, 0.05) is 4.88 Å². The van der Waals surface area contributed by atoms with Crippen LogP contribution in [0.4, 0.5) is 0 Å². The van der Waals surface area contributed by atoms with Crippen LogP contribution in [-0.4, -0.2) is 19.8 Å². The van der Waals surface area contributed by atoms with Crippen LogP contribution in [0.2, 0.25) is 0 Å². The predicted octanol–water partition coefficient (Wildman–Crippen LogP) is 1.38. The maximum Gasteiger partial charge on any atom is 0.291 e. The molecule has 0 bridgehead atoms. The highest BCUT2D eigenvalue weighted by Crippen LogP contribution is 2.34. The molecule has 1 aliphatic carbocycles. The number of hydrogen-bond donors (Lipinski definition) is 1. The van der Waals surface area contributed by atoms with Crippen molar-refractivity contribution in [3.05, 3.63) is 26.5 Å². The first-order chi connectivity index (χ1) is 9.29. The van der Waals surface area contributed by atoms with E-state index in [1.807, 2.05) is 6.07 Å². The van der Waals surface area contributed by atoms with E-state index < -0.39 is 0 Å². The molecule has 0 unspecified atom stereocenters. The standard InChI is InChI=1S/C12H9N5OS/c13-5-7-11-14-12(18)10-9(17(11)16-15-7)6-3-1-2-4-8(6)19-10/h16H,1-4H2. The predicted molar refractivity (Wildman–Crippen MR) is 70.3 cm³/mol. The number of rotatable bonds is 0. The van der Waals surface area contributed by atoms with Gasteiger partial charge in [-0.2, -0.15) is 10.2 Å². The number of nitriles is 1. The monoisotopic (exact) mass is 271 g/mol. The number of thiophene rings is 1. The summed E-state index contributed by atoms with van der Waals surface area (Å²) in [4.78, 5) is 17.4. The SMILES string of the molecule is N#Cc1n[nH]n2c1nc(=O)c1sc3c(c12)CCCC3. The van der Waals surface area contributed by atoms with Crippen molar-refractivity contribution in [3.8, 4) is 6.07 Å². The van der Waals surface area contributed by atoms with Gasteiger partial charge >= 0.3 is 0 Å². The fourth-order valence-corrected chi connectivity index (χ4v) is 3.97. The summed E-state index contributed by atoms with van der Waals surface area (Å²) in [6, 6.07) is 1.95. The molecule has 0 spiro atoms. The molecule has 0 amide bonds. The second kappa shape index (κ2) is 3.65. The van der Waals surface area contributed by atoms with E-state index in [-0.39, 0.29) is 11.3 Å². The molecule has 4 rings (SSSR count). The van der Waals surface area contributed by atoms with Crippen LogP contribution >= 0.6 is 11.3 Å². The zero-order valence-corrected chi connectivity index (χ0v) is 10.8. The highest BCUT2D eigenvalue weighted by Gasteiger charge is 2.22. The average Bonchev–Trinajstić information content (AvgIpc) is 2.99. The van der Waals surface area contributed by atoms with E-state index in [2.05, 4.69) is 15.3 Å². The Hall–Kier alpha value is -2.20. The Morgan fingerprint density at radius 1 is 1.37 bits per heavy atom. The van der Waals surface area contributed by atoms with E-state index in [0.29, 0.717) is 10.3 Å². The average molecular weight is 271 g/mol. The van der Waals surface area contributed by atoms with Crippen molar-refractivity contribution >= 4 is 27.2 Å². The second-order valence-corrected chi connectivity index (χ2v) is 5.74. The Bertz CT molecular complexity index is 910. The number of H-pyrrole nitrogens is 1. The van der Waals surface area contributed by atoms with E-state index in [1.54, 1.807) is 4.52 Å². The van der Waals surface area contributed by atoms with Crippen LogP contribution in [0.3, 0.4) is 0 Å². The quantitative estimate of drug-likeness (QED) is 0.669. The Kier molecular flexibility index (Phi) is 2.05. The third-order valence-corrected chi connectivity index (χ3v) is 4.83. The van der Waals surface area contributed by atoms with Gasteiger partial charge in [0.05, 0.1) is 5.52 Å². The van der Waals surface area contributed by atoms with Gasteiger partial charge in [0.2, 0.25) is 5.69 Å². The van der Waals surface area contributed by atoms with Crippen LogP contribution in [0.5, 0.6) is 0 Å². The molecule has 7 heteroatoms. The largest absolute Gasteiger partial charge is 0.291 e. The maximum absolute atomic E-state index is 12.1. The van der Waals surface area contributed by atoms with Gasteiger partial charge in [0.15, 0.2) is 5.65 Å². The lowest BCUT2D eigenvalue weighted by Gasteiger charge is -2.10. The van der Waals surface area contributed by atoms with E-state index in [0.717, 1.165) is 24.8 Å². The maximum atomic E-state index is 12.1. The molecule has 0 aromatic carbocycles. The molecule has 1 aliphatic rings. The summed E-state index contributed by atoms with van der Waals surface area (Å²) in [5, 5.41) is 15.7. The van der Waals surface area contributed by atoms with Crippen molar-refractivity contribution in [2.45, 2.75) is 25.7 Å².